The number of nitrogens with zero attached hydrogens (tertiary/aromatic N) is 4. The Morgan fingerprint density at radius 2 is 1.96 bits per heavy atom. The minimum atomic E-state index is -0.315. The Morgan fingerprint density at radius 3 is 2.61 bits per heavy atom. The summed E-state index contributed by atoms with van der Waals surface area (Å²) in [5.41, 5.74) is 2.71. The normalized spacial score (nSPS) is 11.5. The monoisotopic (exact) mass is 397 g/mol. The molecule has 4 aromatic rings. The van der Waals surface area contributed by atoms with Gasteiger partial charge in [-0.1, -0.05) is 30.3 Å². The Hall–Kier alpha value is -3.07. The average molecular weight is 397 g/mol. The van der Waals surface area contributed by atoms with Crippen LogP contribution in [0.15, 0.2) is 21.1 Å². The number of hydrogen-bond donors (Lipinski definition) is 1. The van der Waals surface area contributed by atoms with Gasteiger partial charge in [0.05, 0.1) is 22.3 Å². The van der Waals surface area contributed by atoms with Crippen LogP contribution in [-0.4, -0.2) is 26.2 Å². The predicted octanol–water partition coefficient (Wildman–Crippen LogP) is 4.64. The summed E-state index contributed by atoms with van der Waals surface area (Å²) in [5, 5.41) is 16.9. The van der Waals surface area contributed by atoms with E-state index in [9.17, 15) is 4.79 Å². The lowest BCUT2D eigenvalue weighted by molar-refractivity contribution is 0.102. The molecule has 0 aromatic carbocycles. The largest absolute Gasteiger partial charge is 0.466 e. The van der Waals surface area contributed by atoms with Gasteiger partial charge in [0.2, 0.25) is 5.13 Å². The maximum atomic E-state index is 13.0. The molecule has 0 radical (unpaired) electrons. The number of carbonyl (C=O) groups is 1. The number of amides is 1. The van der Waals surface area contributed by atoms with Crippen molar-refractivity contribution in [3.63, 3.8) is 0 Å². The third kappa shape index (κ3) is 3.18. The molecule has 0 fully saturated rings. The molecule has 0 saturated carbocycles. The van der Waals surface area contributed by atoms with Gasteiger partial charge in [-0.05, 0) is 32.9 Å². The molecule has 0 bridgehead atoms. The fourth-order valence-electron chi connectivity index (χ4n) is 2.98. The molecule has 1 amide bonds. The highest BCUT2D eigenvalue weighted by atomic mass is 32.1. The standard InChI is InChI=1S/C19H19N5O3S/c1-8(2)18-22-23-19(28-18)21-16(25)13-7-14(12-6-9(3)26-11(12)5)20-17-15(13)10(4)24-27-17/h6-8H,1-5H3,(H,21,23,25). The predicted molar refractivity (Wildman–Crippen MR) is 106 cm³/mol. The van der Waals surface area contributed by atoms with Gasteiger partial charge in [0.15, 0.2) is 0 Å². The van der Waals surface area contributed by atoms with E-state index in [1.54, 1.807) is 13.0 Å². The lowest BCUT2D eigenvalue weighted by atomic mass is 10.1. The molecule has 8 nitrogen and oxygen atoms in total. The number of fused-ring (bicyclic) bond motifs is 1. The molecule has 0 saturated heterocycles. The van der Waals surface area contributed by atoms with Crippen molar-refractivity contribution in [2.75, 3.05) is 5.32 Å². The fourth-order valence-corrected chi connectivity index (χ4v) is 3.72. The summed E-state index contributed by atoms with van der Waals surface area (Å²) < 4.78 is 10.9. The summed E-state index contributed by atoms with van der Waals surface area (Å²) in [5.74, 6) is 1.42. The summed E-state index contributed by atoms with van der Waals surface area (Å²) in [6.45, 7) is 9.55. The van der Waals surface area contributed by atoms with E-state index in [2.05, 4.69) is 25.7 Å². The van der Waals surface area contributed by atoms with Crippen molar-refractivity contribution in [3.05, 3.63) is 39.9 Å². The molecule has 1 N–H and O–H groups in total. The molecule has 4 rings (SSSR count). The minimum Gasteiger partial charge on any atom is -0.466 e. The van der Waals surface area contributed by atoms with Gasteiger partial charge < -0.3 is 8.94 Å². The summed E-state index contributed by atoms with van der Waals surface area (Å²) in [7, 11) is 0. The number of rotatable bonds is 4. The number of carbonyl (C=O) groups excluding carboxylic acids is 1. The third-order valence-electron chi connectivity index (χ3n) is 4.33. The molecule has 4 heterocycles. The first-order valence-corrected chi connectivity index (χ1v) is 9.64. The first-order valence-electron chi connectivity index (χ1n) is 8.82. The Balaban J connectivity index is 1.79. The number of hydrogen-bond acceptors (Lipinski definition) is 8. The van der Waals surface area contributed by atoms with Gasteiger partial charge in [0.25, 0.3) is 11.6 Å². The second-order valence-electron chi connectivity index (χ2n) is 6.88. The highest BCUT2D eigenvalue weighted by Gasteiger charge is 2.22. The van der Waals surface area contributed by atoms with Crippen LogP contribution in [0.3, 0.4) is 0 Å². The van der Waals surface area contributed by atoms with Crippen LogP contribution in [0, 0.1) is 20.8 Å². The minimum absolute atomic E-state index is 0.245. The van der Waals surface area contributed by atoms with Crippen LogP contribution >= 0.6 is 11.3 Å². The molecular weight excluding hydrogens is 378 g/mol. The first-order chi connectivity index (χ1) is 13.3. The third-order valence-corrected chi connectivity index (χ3v) is 5.47. The molecule has 28 heavy (non-hydrogen) atoms. The van der Waals surface area contributed by atoms with Crippen molar-refractivity contribution in [2.24, 2.45) is 0 Å². The molecule has 0 unspecified atom stereocenters. The van der Waals surface area contributed by atoms with Crippen LogP contribution in [-0.2, 0) is 0 Å². The molecule has 0 atom stereocenters. The number of aryl methyl sites for hydroxylation is 3. The number of nitrogens with one attached hydrogen (secondary N) is 1. The number of anilines is 1. The fraction of sp³-hybridized carbons (Fsp3) is 0.316. The summed E-state index contributed by atoms with van der Waals surface area (Å²) in [6, 6.07) is 3.61. The molecule has 0 spiro atoms. The zero-order chi connectivity index (χ0) is 20.0. The number of furan rings is 1. The zero-order valence-corrected chi connectivity index (χ0v) is 17.0. The Labute approximate surface area is 165 Å². The van der Waals surface area contributed by atoms with Gasteiger partial charge in [-0.25, -0.2) is 4.98 Å². The molecule has 9 heteroatoms. The smallest absolute Gasteiger partial charge is 0.259 e. The lowest BCUT2D eigenvalue weighted by Gasteiger charge is -2.06. The van der Waals surface area contributed by atoms with Crippen molar-refractivity contribution in [1.29, 1.82) is 0 Å². The van der Waals surface area contributed by atoms with Gasteiger partial charge >= 0.3 is 0 Å². The van der Waals surface area contributed by atoms with Gasteiger partial charge in [0.1, 0.15) is 16.5 Å². The second kappa shape index (κ2) is 6.83. The number of aromatic nitrogens is 4. The lowest BCUT2D eigenvalue weighted by Crippen LogP contribution is -2.13. The molecular formula is C19H19N5O3S. The van der Waals surface area contributed by atoms with E-state index in [0.717, 1.165) is 22.1 Å². The van der Waals surface area contributed by atoms with Crippen LogP contribution in [0.5, 0.6) is 0 Å². The van der Waals surface area contributed by atoms with E-state index in [4.69, 9.17) is 8.94 Å². The topological polar surface area (TPSA) is 107 Å². The van der Waals surface area contributed by atoms with Crippen molar-refractivity contribution in [3.8, 4) is 11.3 Å². The van der Waals surface area contributed by atoms with Gasteiger partial charge in [-0.2, -0.15) is 0 Å². The Bertz CT molecular complexity index is 1190. The Morgan fingerprint density at radius 1 is 1.18 bits per heavy atom. The van der Waals surface area contributed by atoms with Gasteiger partial charge in [0, 0.05) is 11.5 Å². The molecule has 144 valence electrons. The highest BCUT2D eigenvalue weighted by Crippen LogP contribution is 2.31. The summed E-state index contributed by atoms with van der Waals surface area (Å²) in [4.78, 5) is 17.6. The molecule has 0 aliphatic rings. The summed E-state index contributed by atoms with van der Waals surface area (Å²) >= 11 is 1.36. The highest BCUT2D eigenvalue weighted by molar-refractivity contribution is 7.15. The number of pyridine rings is 1. The van der Waals surface area contributed by atoms with Crippen molar-refractivity contribution >= 4 is 33.5 Å². The van der Waals surface area contributed by atoms with Gasteiger partial charge in [-0.15, -0.1) is 10.2 Å². The second-order valence-corrected chi connectivity index (χ2v) is 7.89. The van der Waals surface area contributed by atoms with E-state index >= 15 is 0 Å². The van der Waals surface area contributed by atoms with E-state index in [1.807, 2.05) is 33.8 Å². The van der Waals surface area contributed by atoms with Crippen LogP contribution in [0.2, 0.25) is 0 Å². The maximum absolute atomic E-state index is 13.0. The van der Waals surface area contributed by atoms with E-state index < -0.39 is 0 Å². The Kier molecular flexibility index (Phi) is 4.46. The zero-order valence-electron chi connectivity index (χ0n) is 16.2. The molecule has 4 aromatic heterocycles. The van der Waals surface area contributed by atoms with Crippen LogP contribution in [0.1, 0.15) is 52.3 Å². The van der Waals surface area contributed by atoms with Crippen molar-refractivity contribution in [1.82, 2.24) is 20.3 Å². The van der Waals surface area contributed by atoms with E-state index in [-0.39, 0.29) is 11.8 Å². The van der Waals surface area contributed by atoms with Crippen molar-refractivity contribution in [2.45, 2.75) is 40.5 Å². The molecule has 0 aliphatic carbocycles. The van der Waals surface area contributed by atoms with E-state index in [0.29, 0.717) is 33.2 Å². The SMILES string of the molecule is Cc1cc(-c2cc(C(=O)Nc3nnc(C(C)C)s3)c3c(C)noc3n2)c(C)o1. The quantitative estimate of drug-likeness (QED) is 0.535. The molecule has 0 aliphatic heterocycles. The van der Waals surface area contributed by atoms with E-state index in [1.165, 1.54) is 11.3 Å². The van der Waals surface area contributed by atoms with Crippen LogP contribution < -0.4 is 5.32 Å². The van der Waals surface area contributed by atoms with Crippen LogP contribution in [0.4, 0.5) is 5.13 Å². The maximum Gasteiger partial charge on any atom is 0.259 e. The van der Waals surface area contributed by atoms with Crippen molar-refractivity contribution < 1.29 is 13.7 Å². The summed E-state index contributed by atoms with van der Waals surface area (Å²) in [6.07, 6.45) is 0. The van der Waals surface area contributed by atoms with Crippen LogP contribution in [0.25, 0.3) is 22.4 Å². The first kappa shape index (κ1) is 18.3. The average Bonchev–Trinajstić information content (AvgIpc) is 3.34. The van der Waals surface area contributed by atoms with Gasteiger partial charge in [-0.3, -0.25) is 10.1 Å².